The van der Waals surface area contributed by atoms with Gasteiger partial charge in [0.2, 0.25) is 11.8 Å². The second kappa shape index (κ2) is 13.0. The molecule has 0 heterocycles. The van der Waals surface area contributed by atoms with Gasteiger partial charge in [-0.25, -0.2) is 8.42 Å². The number of aryl methyl sites for hydroxylation is 1. The van der Waals surface area contributed by atoms with Crippen molar-refractivity contribution in [1.29, 1.82) is 0 Å². The van der Waals surface area contributed by atoms with Gasteiger partial charge in [-0.2, -0.15) is 0 Å². The standard InChI is InChI=1S/C31H37N3O5S/c1-23-10-9-13-27(20-23)34(40(37,38)29-14-5-4-6-15-29)22-30(35)33(21-25-16-18-28(39-3)19-17-25)24(2)31(36)32-26-11-7-8-12-26/h4-6,9-10,13-20,24,26H,7-8,11-12,21-22H2,1-3H3,(H,32,36). The summed E-state index contributed by atoms with van der Waals surface area (Å²) in [5.74, 6) is -0.0547. The average molecular weight is 564 g/mol. The van der Waals surface area contributed by atoms with Crippen LogP contribution in [0.2, 0.25) is 0 Å². The van der Waals surface area contributed by atoms with Gasteiger partial charge in [0.25, 0.3) is 10.0 Å². The Hall–Kier alpha value is -3.85. The summed E-state index contributed by atoms with van der Waals surface area (Å²) < 4.78 is 34.0. The third-order valence-electron chi connectivity index (χ3n) is 7.28. The summed E-state index contributed by atoms with van der Waals surface area (Å²) in [7, 11) is -2.50. The van der Waals surface area contributed by atoms with Crippen molar-refractivity contribution in [3.05, 3.63) is 90.0 Å². The molecule has 0 spiro atoms. The fourth-order valence-electron chi connectivity index (χ4n) is 4.93. The molecule has 3 aromatic rings. The van der Waals surface area contributed by atoms with Gasteiger partial charge in [0.05, 0.1) is 17.7 Å². The van der Waals surface area contributed by atoms with Crippen LogP contribution in [-0.2, 0) is 26.2 Å². The molecule has 1 aliphatic rings. The van der Waals surface area contributed by atoms with Crippen LogP contribution in [0, 0.1) is 6.92 Å². The normalized spacial score (nSPS) is 14.4. The highest BCUT2D eigenvalue weighted by molar-refractivity contribution is 7.92. The first-order valence-corrected chi connectivity index (χ1v) is 15.0. The number of hydrogen-bond acceptors (Lipinski definition) is 5. The van der Waals surface area contributed by atoms with Crippen molar-refractivity contribution in [2.45, 2.75) is 63.1 Å². The molecular formula is C31H37N3O5S. The lowest BCUT2D eigenvalue weighted by atomic mass is 10.1. The van der Waals surface area contributed by atoms with Gasteiger partial charge in [-0.1, -0.05) is 55.3 Å². The van der Waals surface area contributed by atoms with E-state index < -0.39 is 28.5 Å². The number of amides is 2. The Morgan fingerprint density at radius 1 is 0.975 bits per heavy atom. The van der Waals surface area contributed by atoms with Gasteiger partial charge < -0.3 is 15.0 Å². The van der Waals surface area contributed by atoms with E-state index in [1.54, 1.807) is 62.6 Å². The Morgan fingerprint density at radius 3 is 2.27 bits per heavy atom. The first-order chi connectivity index (χ1) is 19.2. The number of methoxy groups -OCH3 is 1. The second-order valence-corrected chi connectivity index (χ2v) is 12.1. The third-order valence-corrected chi connectivity index (χ3v) is 9.07. The molecule has 1 atom stereocenters. The number of sulfonamides is 1. The summed E-state index contributed by atoms with van der Waals surface area (Å²) in [6, 6.07) is 21.6. The predicted molar refractivity (Wildman–Crippen MR) is 156 cm³/mol. The maximum Gasteiger partial charge on any atom is 0.264 e. The number of anilines is 1. The first kappa shape index (κ1) is 29.1. The zero-order valence-electron chi connectivity index (χ0n) is 23.2. The molecule has 1 fully saturated rings. The minimum atomic E-state index is -4.08. The molecule has 0 saturated heterocycles. The van der Waals surface area contributed by atoms with E-state index in [0.29, 0.717) is 11.4 Å². The Balaban J connectivity index is 1.67. The molecule has 8 nitrogen and oxygen atoms in total. The van der Waals surface area contributed by atoms with E-state index >= 15 is 0 Å². The lowest BCUT2D eigenvalue weighted by molar-refractivity contribution is -0.139. The fourth-order valence-corrected chi connectivity index (χ4v) is 6.36. The number of rotatable bonds is 11. The summed E-state index contributed by atoms with van der Waals surface area (Å²) >= 11 is 0. The summed E-state index contributed by atoms with van der Waals surface area (Å²) in [6.07, 6.45) is 3.97. The van der Waals surface area contributed by atoms with Crippen LogP contribution in [0.15, 0.2) is 83.8 Å². The van der Waals surface area contributed by atoms with Crippen LogP contribution < -0.4 is 14.4 Å². The first-order valence-electron chi connectivity index (χ1n) is 13.6. The van der Waals surface area contributed by atoms with Crippen LogP contribution in [-0.4, -0.2) is 50.9 Å². The van der Waals surface area contributed by atoms with Crippen molar-refractivity contribution in [2.75, 3.05) is 18.0 Å². The monoisotopic (exact) mass is 563 g/mol. The molecule has 1 N–H and O–H groups in total. The van der Waals surface area contributed by atoms with Crippen molar-refractivity contribution in [3.63, 3.8) is 0 Å². The molecule has 0 bridgehead atoms. The Kier molecular flexibility index (Phi) is 9.47. The van der Waals surface area contributed by atoms with E-state index in [-0.39, 0.29) is 23.4 Å². The Labute approximate surface area is 237 Å². The second-order valence-electron chi connectivity index (χ2n) is 10.2. The number of carbonyl (C=O) groups excluding carboxylic acids is 2. The molecule has 1 saturated carbocycles. The van der Waals surface area contributed by atoms with Gasteiger partial charge in [0, 0.05) is 12.6 Å². The Bertz CT molecular complexity index is 1400. The highest BCUT2D eigenvalue weighted by atomic mass is 32.2. The number of ether oxygens (including phenoxy) is 1. The van der Waals surface area contributed by atoms with Crippen molar-refractivity contribution < 1.29 is 22.7 Å². The van der Waals surface area contributed by atoms with E-state index in [4.69, 9.17) is 4.74 Å². The average Bonchev–Trinajstić information content (AvgIpc) is 3.48. The van der Waals surface area contributed by atoms with Crippen molar-refractivity contribution in [1.82, 2.24) is 10.2 Å². The molecule has 212 valence electrons. The van der Waals surface area contributed by atoms with Gasteiger partial charge in [-0.3, -0.25) is 13.9 Å². The maximum absolute atomic E-state index is 14.0. The largest absolute Gasteiger partial charge is 0.497 e. The van der Waals surface area contributed by atoms with Crippen LogP contribution >= 0.6 is 0 Å². The van der Waals surface area contributed by atoms with Gasteiger partial charge in [-0.05, 0) is 74.2 Å². The van der Waals surface area contributed by atoms with E-state index in [9.17, 15) is 18.0 Å². The zero-order valence-corrected chi connectivity index (χ0v) is 24.1. The molecule has 9 heteroatoms. The molecule has 0 aliphatic heterocycles. The summed E-state index contributed by atoms with van der Waals surface area (Å²) in [5, 5.41) is 3.08. The van der Waals surface area contributed by atoms with Crippen molar-refractivity contribution in [2.24, 2.45) is 0 Å². The van der Waals surface area contributed by atoms with E-state index in [1.165, 1.54) is 17.0 Å². The topological polar surface area (TPSA) is 96.0 Å². The molecule has 0 aromatic heterocycles. The lowest BCUT2D eigenvalue weighted by Crippen LogP contribution is -2.52. The molecule has 3 aromatic carbocycles. The summed E-state index contributed by atoms with van der Waals surface area (Å²) in [6.45, 7) is 3.23. The fraction of sp³-hybridized carbons (Fsp3) is 0.355. The van der Waals surface area contributed by atoms with E-state index in [1.807, 2.05) is 25.1 Å². The van der Waals surface area contributed by atoms with Gasteiger partial charge in [-0.15, -0.1) is 0 Å². The molecular weight excluding hydrogens is 526 g/mol. The van der Waals surface area contributed by atoms with Gasteiger partial charge >= 0.3 is 0 Å². The predicted octanol–water partition coefficient (Wildman–Crippen LogP) is 4.68. The van der Waals surface area contributed by atoms with Crippen LogP contribution in [0.4, 0.5) is 5.69 Å². The molecule has 0 radical (unpaired) electrons. The number of benzene rings is 3. The highest BCUT2D eigenvalue weighted by Crippen LogP contribution is 2.26. The number of nitrogens with zero attached hydrogens (tertiary/aromatic N) is 2. The number of carbonyl (C=O) groups is 2. The van der Waals surface area contributed by atoms with Crippen LogP contribution in [0.3, 0.4) is 0 Å². The highest BCUT2D eigenvalue weighted by Gasteiger charge is 2.33. The number of hydrogen-bond donors (Lipinski definition) is 1. The molecule has 4 rings (SSSR count). The van der Waals surface area contributed by atoms with Crippen molar-refractivity contribution in [3.8, 4) is 5.75 Å². The summed E-state index contributed by atoms with van der Waals surface area (Å²) in [5.41, 5.74) is 2.03. The SMILES string of the molecule is COc1ccc(CN(C(=O)CN(c2cccc(C)c2)S(=O)(=O)c2ccccc2)C(C)C(=O)NC2CCCC2)cc1. The van der Waals surface area contributed by atoms with Gasteiger partial charge in [0.15, 0.2) is 0 Å². The van der Waals surface area contributed by atoms with E-state index in [0.717, 1.165) is 41.1 Å². The zero-order chi connectivity index (χ0) is 28.7. The van der Waals surface area contributed by atoms with E-state index in [2.05, 4.69) is 5.32 Å². The van der Waals surface area contributed by atoms with Gasteiger partial charge in [0.1, 0.15) is 18.3 Å². The lowest BCUT2D eigenvalue weighted by Gasteiger charge is -2.32. The van der Waals surface area contributed by atoms with Crippen LogP contribution in [0.1, 0.15) is 43.7 Å². The smallest absolute Gasteiger partial charge is 0.264 e. The maximum atomic E-state index is 14.0. The Morgan fingerprint density at radius 2 is 1.65 bits per heavy atom. The minimum Gasteiger partial charge on any atom is -0.497 e. The molecule has 1 aliphatic carbocycles. The minimum absolute atomic E-state index is 0.0815. The quantitative estimate of drug-likeness (QED) is 0.366. The van der Waals surface area contributed by atoms with Crippen molar-refractivity contribution >= 4 is 27.5 Å². The molecule has 2 amide bonds. The van der Waals surface area contributed by atoms with Crippen LogP contribution in [0.5, 0.6) is 5.75 Å². The summed E-state index contributed by atoms with van der Waals surface area (Å²) in [4.78, 5) is 28.8. The third kappa shape index (κ3) is 7.01. The molecule has 1 unspecified atom stereocenters. The van der Waals surface area contributed by atoms with Crippen LogP contribution in [0.25, 0.3) is 0 Å². The molecule has 40 heavy (non-hydrogen) atoms. The number of nitrogens with one attached hydrogen (secondary N) is 1.